The van der Waals surface area contributed by atoms with Crippen LogP contribution in [0.15, 0.2) is 42.5 Å². The lowest BCUT2D eigenvalue weighted by Gasteiger charge is -1.98. The van der Waals surface area contributed by atoms with Gasteiger partial charge in [0, 0.05) is 0 Å². The van der Waals surface area contributed by atoms with E-state index < -0.39 is 12.0 Å². The maximum Gasteiger partial charge on any atom is 0.324 e. The summed E-state index contributed by atoms with van der Waals surface area (Å²) in [6.45, 7) is 0. The third-order valence-corrected chi connectivity index (χ3v) is 1.82. The smallest absolute Gasteiger partial charge is 0.324 e. The number of carboxylic acids is 1. The summed E-state index contributed by atoms with van der Waals surface area (Å²) in [5.74, 6) is -1.01. The van der Waals surface area contributed by atoms with Crippen molar-refractivity contribution in [1.82, 2.24) is 0 Å². The van der Waals surface area contributed by atoms with Crippen LogP contribution in [0.5, 0.6) is 0 Å². The molecule has 3 heteroatoms. The Kier molecular flexibility index (Phi) is 3.88. The van der Waals surface area contributed by atoms with Crippen molar-refractivity contribution in [2.24, 2.45) is 5.73 Å². The number of benzene rings is 1. The molecule has 0 saturated heterocycles. The zero-order chi connectivity index (χ0) is 10.4. The van der Waals surface area contributed by atoms with Gasteiger partial charge < -0.3 is 10.8 Å². The van der Waals surface area contributed by atoms with Crippen molar-refractivity contribution < 1.29 is 9.90 Å². The third kappa shape index (κ3) is 3.41. The van der Waals surface area contributed by atoms with E-state index in [1.807, 2.05) is 30.3 Å². The predicted octanol–water partition coefficient (Wildman–Crippen LogP) is 1.20. The fraction of sp³-hybridized carbons (Fsp3) is 0.182. The molecule has 1 rings (SSSR count). The van der Waals surface area contributed by atoms with Gasteiger partial charge in [-0.3, -0.25) is 4.79 Å². The van der Waals surface area contributed by atoms with Crippen molar-refractivity contribution >= 4 is 5.97 Å². The largest absolute Gasteiger partial charge is 0.480 e. The lowest BCUT2D eigenvalue weighted by atomic mass is 10.1. The minimum Gasteiger partial charge on any atom is -0.480 e. The number of aliphatic carboxylic acids is 1. The van der Waals surface area contributed by atoms with Crippen LogP contribution >= 0.6 is 0 Å². The molecule has 0 radical (unpaired) electrons. The Balaban J connectivity index is 2.45. The highest BCUT2D eigenvalue weighted by Gasteiger charge is 2.04. The Labute approximate surface area is 82.9 Å². The predicted molar refractivity (Wildman–Crippen MR) is 54.9 cm³/mol. The van der Waals surface area contributed by atoms with Crippen molar-refractivity contribution in [2.75, 3.05) is 0 Å². The van der Waals surface area contributed by atoms with E-state index >= 15 is 0 Å². The second-order valence-electron chi connectivity index (χ2n) is 2.98. The van der Waals surface area contributed by atoms with Gasteiger partial charge in [-0.25, -0.2) is 0 Å². The van der Waals surface area contributed by atoms with Crippen molar-refractivity contribution in [3.05, 3.63) is 48.0 Å². The van der Waals surface area contributed by atoms with Crippen LogP contribution in [0.3, 0.4) is 0 Å². The molecule has 0 saturated carbocycles. The van der Waals surface area contributed by atoms with E-state index in [-0.39, 0.29) is 0 Å². The van der Waals surface area contributed by atoms with Gasteiger partial charge in [-0.15, -0.1) is 0 Å². The summed E-state index contributed by atoms with van der Waals surface area (Å²) >= 11 is 0. The molecule has 0 aromatic heterocycles. The van der Waals surface area contributed by atoms with Crippen LogP contribution in [0, 0.1) is 0 Å². The molecule has 0 unspecified atom stereocenters. The summed E-state index contributed by atoms with van der Waals surface area (Å²) in [5, 5.41) is 8.50. The number of allylic oxidation sites excluding steroid dienone is 1. The number of nitrogens with two attached hydrogens (primary N) is 1. The number of carboxylic acid groups (broad SMARTS) is 1. The molecule has 0 aliphatic heterocycles. The summed E-state index contributed by atoms with van der Waals surface area (Å²) in [5.41, 5.74) is 6.43. The molecule has 74 valence electrons. The van der Waals surface area contributed by atoms with Crippen LogP contribution in [-0.4, -0.2) is 17.1 Å². The van der Waals surface area contributed by atoms with Gasteiger partial charge in [0.1, 0.15) is 6.04 Å². The summed E-state index contributed by atoms with van der Waals surface area (Å²) in [4.78, 5) is 10.4. The number of carbonyl (C=O) groups is 1. The summed E-state index contributed by atoms with van der Waals surface area (Å²) in [7, 11) is 0. The maximum absolute atomic E-state index is 10.4. The molecule has 0 spiro atoms. The van der Waals surface area contributed by atoms with E-state index in [1.165, 1.54) is 6.08 Å². The van der Waals surface area contributed by atoms with Crippen LogP contribution in [-0.2, 0) is 11.2 Å². The monoisotopic (exact) mass is 191 g/mol. The Morgan fingerprint density at radius 3 is 2.64 bits per heavy atom. The SMILES string of the molecule is N[C@@H](C=CCc1ccccc1)C(=O)O. The standard InChI is InChI=1S/C11H13NO2/c12-10(11(13)14)8-4-7-9-5-2-1-3-6-9/h1-6,8,10H,7,12H2,(H,13,14)/t10-/m0/s1. The molecule has 0 heterocycles. The first-order valence-electron chi connectivity index (χ1n) is 4.39. The van der Waals surface area contributed by atoms with Gasteiger partial charge in [0.2, 0.25) is 0 Å². The fourth-order valence-electron chi connectivity index (χ4n) is 1.05. The van der Waals surface area contributed by atoms with Gasteiger partial charge in [0.05, 0.1) is 0 Å². The molecule has 1 aromatic rings. The van der Waals surface area contributed by atoms with Crippen molar-refractivity contribution in [3.63, 3.8) is 0 Å². The molecular formula is C11H13NO2. The normalized spacial score (nSPS) is 12.9. The average molecular weight is 191 g/mol. The number of hydrogen-bond donors (Lipinski definition) is 2. The first-order chi connectivity index (χ1) is 6.70. The van der Waals surface area contributed by atoms with E-state index in [2.05, 4.69) is 0 Å². The molecule has 0 bridgehead atoms. The van der Waals surface area contributed by atoms with Gasteiger partial charge in [-0.2, -0.15) is 0 Å². The quantitative estimate of drug-likeness (QED) is 0.703. The second kappa shape index (κ2) is 5.19. The van der Waals surface area contributed by atoms with E-state index in [9.17, 15) is 4.79 Å². The Morgan fingerprint density at radius 2 is 2.07 bits per heavy atom. The molecular weight excluding hydrogens is 178 g/mol. The molecule has 14 heavy (non-hydrogen) atoms. The van der Waals surface area contributed by atoms with Gasteiger partial charge in [0.25, 0.3) is 0 Å². The van der Waals surface area contributed by atoms with E-state index in [0.29, 0.717) is 6.42 Å². The van der Waals surface area contributed by atoms with E-state index in [0.717, 1.165) is 5.56 Å². The summed E-state index contributed by atoms with van der Waals surface area (Å²) < 4.78 is 0. The van der Waals surface area contributed by atoms with Gasteiger partial charge >= 0.3 is 5.97 Å². The number of rotatable bonds is 4. The van der Waals surface area contributed by atoms with Crippen LogP contribution in [0.2, 0.25) is 0 Å². The Morgan fingerprint density at radius 1 is 1.43 bits per heavy atom. The van der Waals surface area contributed by atoms with Gasteiger partial charge in [0.15, 0.2) is 0 Å². The summed E-state index contributed by atoms with van der Waals surface area (Å²) in [6, 6.07) is 8.89. The summed E-state index contributed by atoms with van der Waals surface area (Å²) in [6.07, 6.45) is 3.98. The van der Waals surface area contributed by atoms with Crippen molar-refractivity contribution in [2.45, 2.75) is 12.5 Å². The average Bonchev–Trinajstić information content (AvgIpc) is 2.19. The van der Waals surface area contributed by atoms with Crippen LogP contribution < -0.4 is 5.73 Å². The van der Waals surface area contributed by atoms with Crippen LogP contribution in [0.4, 0.5) is 0 Å². The minimum atomic E-state index is -1.01. The second-order valence-corrected chi connectivity index (χ2v) is 2.98. The van der Waals surface area contributed by atoms with Gasteiger partial charge in [-0.05, 0) is 12.0 Å². The van der Waals surface area contributed by atoms with Crippen LogP contribution in [0.1, 0.15) is 5.56 Å². The lowest BCUT2D eigenvalue weighted by molar-refractivity contribution is -0.137. The zero-order valence-electron chi connectivity index (χ0n) is 7.76. The molecule has 1 atom stereocenters. The van der Waals surface area contributed by atoms with Gasteiger partial charge in [-0.1, -0.05) is 42.5 Å². The maximum atomic E-state index is 10.4. The zero-order valence-corrected chi connectivity index (χ0v) is 7.76. The highest BCUT2D eigenvalue weighted by atomic mass is 16.4. The molecule has 1 aromatic carbocycles. The van der Waals surface area contributed by atoms with E-state index in [1.54, 1.807) is 6.08 Å². The molecule has 3 nitrogen and oxygen atoms in total. The Hall–Kier alpha value is -1.61. The van der Waals surface area contributed by atoms with E-state index in [4.69, 9.17) is 10.8 Å². The molecule has 3 N–H and O–H groups in total. The first-order valence-corrected chi connectivity index (χ1v) is 4.39. The Bertz CT molecular complexity index is 319. The minimum absolute atomic E-state index is 0.710. The molecule has 0 aliphatic carbocycles. The molecule has 0 amide bonds. The first kappa shape index (κ1) is 10.5. The lowest BCUT2D eigenvalue weighted by Crippen LogP contribution is -2.27. The van der Waals surface area contributed by atoms with Crippen LogP contribution in [0.25, 0.3) is 0 Å². The topological polar surface area (TPSA) is 63.3 Å². The highest BCUT2D eigenvalue weighted by Crippen LogP contribution is 2.00. The fourth-order valence-corrected chi connectivity index (χ4v) is 1.05. The third-order valence-electron chi connectivity index (χ3n) is 1.82. The van der Waals surface area contributed by atoms with Crippen molar-refractivity contribution in [1.29, 1.82) is 0 Å². The number of hydrogen-bond acceptors (Lipinski definition) is 2. The molecule has 0 fully saturated rings. The molecule has 0 aliphatic rings. The van der Waals surface area contributed by atoms with Crippen molar-refractivity contribution in [3.8, 4) is 0 Å². The highest BCUT2D eigenvalue weighted by molar-refractivity contribution is 5.75.